The van der Waals surface area contributed by atoms with Crippen LogP contribution in [-0.2, 0) is 27.8 Å². The largest absolute Gasteiger partial charge is 0.573 e. The van der Waals surface area contributed by atoms with Gasteiger partial charge in [-0.2, -0.15) is 4.31 Å². The first-order valence-electron chi connectivity index (χ1n) is 13.3. The van der Waals surface area contributed by atoms with Crippen LogP contribution in [0.1, 0.15) is 40.5 Å². The Morgan fingerprint density at radius 3 is 2.28 bits per heavy atom. The van der Waals surface area contributed by atoms with Crippen LogP contribution in [0, 0.1) is 6.92 Å². The van der Waals surface area contributed by atoms with Gasteiger partial charge < -0.3 is 20.1 Å². The number of nitrogens with one attached hydrogen (secondary N) is 1. The number of rotatable bonds is 10. The van der Waals surface area contributed by atoms with Crippen molar-refractivity contribution in [3.63, 3.8) is 0 Å². The van der Waals surface area contributed by atoms with Gasteiger partial charge in [-0.15, -0.1) is 23.4 Å². The molecular formula is C28H30F3N5O6S. The van der Waals surface area contributed by atoms with Crippen LogP contribution >= 0.6 is 0 Å². The second-order valence-electron chi connectivity index (χ2n) is 9.92. The van der Waals surface area contributed by atoms with Crippen molar-refractivity contribution in [3.05, 3.63) is 77.0 Å². The van der Waals surface area contributed by atoms with E-state index in [-0.39, 0.29) is 42.6 Å². The Bertz CT molecular complexity index is 1570. The standard InChI is InChI=1S/C28H30F3N5O6S/c1-3-4-19-5-7-20(8-6-19)16-32-26(37)23-17-35(24-15-18(2)25(27(38)39)34-33-24)13-14-36(23)43(40,41)22-11-9-21(10-12-22)42-28(29,30)31/h5-12,15,23H,3-4,13-14,16-17H2,1-2H3,(H,32,37)(H,38,39). The van der Waals surface area contributed by atoms with Gasteiger partial charge in [0, 0.05) is 26.2 Å². The minimum absolute atomic E-state index is 0.0811. The molecule has 1 fully saturated rings. The Morgan fingerprint density at radius 2 is 1.70 bits per heavy atom. The van der Waals surface area contributed by atoms with Crippen LogP contribution in [-0.4, -0.2) is 71.9 Å². The number of sulfonamides is 1. The summed E-state index contributed by atoms with van der Waals surface area (Å²) >= 11 is 0. The molecule has 1 aliphatic rings. The molecule has 2 aromatic carbocycles. The van der Waals surface area contributed by atoms with Crippen LogP contribution < -0.4 is 15.0 Å². The summed E-state index contributed by atoms with van der Waals surface area (Å²) in [6.45, 7) is 3.51. The molecule has 0 aliphatic carbocycles. The number of alkyl halides is 3. The van der Waals surface area contributed by atoms with E-state index in [2.05, 4.69) is 27.2 Å². The van der Waals surface area contributed by atoms with Crippen molar-refractivity contribution in [3.8, 4) is 5.75 Å². The number of carbonyl (C=O) groups is 2. The quantitative estimate of drug-likeness (QED) is 0.348. The van der Waals surface area contributed by atoms with Gasteiger partial charge >= 0.3 is 12.3 Å². The highest BCUT2D eigenvalue weighted by Gasteiger charge is 2.41. The summed E-state index contributed by atoms with van der Waals surface area (Å²) in [4.78, 5) is 26.2. The number of aromatic nitrogens is 2. The highest BCUT2D eigenvalue weighted by Crippen LogP contribution is 2.28. The van der Waals surface area contributed by atoms with E-state index in [0.29, 0.717) is 5.56 Å². The minimum Gasteiger partial charge on any atom is -0.476 e. The van der Waals surface area contributed by atoms with Crippen molar-refractivity contribution in [2.45, 2.75) is 50.5 Å². The molecule has 0 bridgehead atoms. The first kappa shape index (κ1) is 31.7. The van der Waals surface area contributed by atoms with E-state index in [1.807, 2.05) is 24.3 Å². The maximum absolute atomic E-state index is 13.7. The monoisotopic (exact) mass is 621 g/mol. The molecule has 2 N–H and O–H groups in total. The maximum atomic E-state index is 13.7. The molecule has 0 saturated carbocycles. The number of carbonyl (C=O) groups excluding carboxylic acids is 1. The molecule has 15 heteroatoms. The van der Waals surface area contributed by atoms with E-state index in [1.54, 1.807) is 11.8 Å². The first-order chi connectivity index (χ1) is 20.3. The van der Waals surface area contributed by atoms with Gasteiger partial charge in [-0.05, 0) is 60.4 Å². The summed E-state index contributed by atoms with van der Waals surface area (Å²) in [5, 5.41) is 19.8. The lowest BCUT2D eigenvalue weighted by Gasteiger charge is -2.40. The number of aryl methyl sites for hydroxylation is 2. The van der Waals surface area contributed by atoms with Crippen LogP contribution in [0.2, 0.25) is 0 Å². The molecule has 0 radical (unpaired) electrons. The molecule has 0 spiro atoms. The van der Waals surface area contributed by atoms with E-state index in [4.69, 9.17) is 0 Å². The minimum atomic E-state index is -4.94. The van der Waals surface area contributed by atoms with Crippen molar-refractivity contribution >= 4 is 27.7 Å². The fourth-order valence-electron chi connectivity index (χ4n) is 4.68. The van der Waals surface area contributed by atoms with Gasteiger partial charge in [0.25, 0.3) is 0 Å². The van der Waals surface area contributed by atoms with Crippen LogP contribution in [0.3, 0.4) is 0 Å². The predicted molar refractivity (Wildman–Crippen MR) is 149 cm³/mol. The molecule has 1 aromatic heterocycles. The lowest BCUT2D eigenvalue weighted by molar-refractivity contribution is -0.274. The Hall–Kier alpha value is -4.24. The summed E-state index contributed by atoms with van der Waals surface area (Å²) in [6, 6.07) is 11.6. The first-order valence-corrected chi connectivity index (χ1v) is 14.8. The third-order valence-corrected chi connectivity index (χ3v) is 8.75. The van der Waals surface area contributed by atoms with E-state index < -0.39 is 40.1 Å². The van der Waals surface area contributed by atoms with E-state index in [9.17, 15) is 36.3 Å². The molecule has 4 rings (SSSR count). The molecule has 11 nitrogen and oxygen atoms in total. The topological polar surface area (TPSA) is 142 Å². The van der Waals surface area contributed by atoms with Gasteiger partial charge in [-0.1, -0.05) is 37.6 Å². The molecular weight excluding hydrogens is 591 g/mol. The fraction of sp³-hybridized carbons (Fsp3) is 0.357. The zero-order chi connectivity index (χ0) is 31.4. The number of carboxylic acids is 1. The summed E-state index contributed by atoms with van der Waals surface area (Å²) in [7, 11) is -4.35. The number of anilines is 1. The summed E-state index contributed by atoms with van der Waals surface area (Å²) in [5.41, 5.74) is 2.06. The van der Waals surface area contributed by atoms with Crippen LogP contribution in [0.4, 0.5) is 19.0 Å². The molecule has 2 heterocycles. The van der Waals surface area contributed by atoms with Gasteiger partial charge in [-0.3, -0.25) is 4.79 Å². The molecule has 3 aromatic rings. The normalized spacial score (nSPS) is 16.1. The number of hydrogen-bond donors (Lipinski definition) is 2. The smallest absolute Gasteiger partial charge is 0.476 e. The number of amides is 1. The van der Waals surface area contributed by atoms with Crippen molar-refractivity contribution in [1.29, 1.82) is 0 Å². The summed E-state index contributed by atoms with van der Waals surface area (Å²) < 4.78 is 69.9. The number of halogens is 3. The lowest BCUT2D eigenvalue weighted by atomic mass is 10.1. The summed E-state index contributed by atoms with van der Waals surface area (Å²) in [5.74, 6) is -2.18. The number of ether oxygens (including phenoxy) is 1. The van der Waals surface area contributed by atoms with Crippen molar-refractivity contribution in [2.24, 2.45) is 0 Å². The van der Waals surface area contributed by atoms with E-state index >= 15 is 0 Å². The predicted octanol–water partition coefficient (Wildman–Crippen LogP) is 3.53. The van der Waals surface area contributed by atoms with Gasteiger partial charge in [0.15, 0.2) is 11.5 Å². The molecule has 43 heavy (non-hydrogen) atoms. The molecule has 1 unspecified atom stereocenters. The highest BCUT2D eigenvalue weighted by atomic mass is 32.2. The highest BCUT2D eigenvalue weighted by molar-refractivity contribution is 7.89. The number of benzene rings is 2. The third-order valence-electron chi connectivity index (χ3n) is 6.82. The van der Waals surface area contributed by atoms with Gasteiger partial charge in [-0.25, -0.2) is 13.2 Å². The molecule has 1 aliphatic heterocycles. The van der Waals surface area contributed by atoms with Gasteiger partial charge in [0.1, 0.15) is 11.8 Å². The Labute approximate surface area is 246 Å². The second-order valence-corrected chi connectivity index (χ2v) is 11.8. The average Bonchev–Trinajstić information content (AvgIpc) is 2.95. The van der Waals surface area contributed by atoms with Crippen LogP contribution in [0.5, 0.6) is 5.75 Å². The number of aromatic carboxylic acids is 1. The SMILES string of the molecule is CCCc1ccc(CNC(=O)C2CN(c3cc(C)c(C(=O)O)nn3)CCN2S(=O)(=O)c2ccc(OC(F)(F)F)cc2)cc1. The Morgan fingerprint density at radius 1 is 1.05 bits per heavy atom. The number of carboxylic acid groups (broad SMARTS) is 1. The van der Waals surface area contributed by atoms with Crippen molar-refractivity contribution in [2.75, 3.05) is 24.5 Å². The Balaban J connectivity index is 1.59. The van der Waals surface area contributed by atoms with Crippen molar-refractivity contribution < 1.29 is 41.0 Å². The maximum Gasteiger partial charge on any atom is 0.573 e. The molecule has 1 saturated heterocycles. The van der Waals surface area contributed by atoms with Crippen LogP contribution in [0.25, 0.3) is 0 Å². The van der Waals surface area contributed by atoms with Crippen LogP contribution in [0.15, 0.2) is 59.5 Å². The third kappa shape index (κ3) is 7.78. The second kappa shape index (κ2) is 13.0. The molecule has 230 valence electrons. The van der Waals surface area contributed by atoms with Crippen molar-refractivity contribution in [1.82, 2.24) is 19.8 Å². The zero-order valence-electron chi connectivity index (χ0n) is 23.3. The summed E-state index contributed by atoms with van der Waals surface area (Å²) in [6.07, 6.45) is -3.05. The number of piperazine rings is 1. The molecule has 1 amide bonds. The zero-order valence-corrected chi connectivity index (χ0v) is 24.2. The van der Waals surface area contributed by atoms with Gasteiger partial charge in [0.05, 0.1) is 4.90 Å². The van der Waals surface area contributed by atoms with E-state index in [1.165, 1.54) is 6.07 Å². The van der Waals surface area contributed by atoms with Gasteiger partial charge in [0.2, 0.25) is 15.9 Å². The lowest BCUT2D eigenvalue weighted by Crippen LogP contribution is -2.60. The Kier molecular flexibility index (Phi) is 9.55. The van der Waals surface area contributed by atoms with E-state index in [0.717, 1.165) is 52.5 Å². The fourth-order valence-corrected chi connectivity index (χ4v) is 6.25. The average molecular weight is 622 g/mol. The number of nitrogens with zero attached hydrogens (tertiary/aromatic N) is 4. The molecule has 1 atom stereocenters. The number of hydrogen-bond acceptors (Lipinski definition) is 8.